The summed E-state index contributed by atoms with van der Waals surface area (Å²) in [7, 11) is 1.83. The van der Waals surface area contributed by atoms with Gasteiger partial charge in [0.05, 0.1) is 0 Å². The van der Waals surface area contributed by atoms with Crippen molar-refractivity contribution in [3.8, 4) is 5.88 Å². The van der Waals surface area contributed by atoms with E-state index >= 15 is 0 Å². The van der Waals surface area contributed by atoms with E-state index in [1.54, 1.807) is 6.07 Å². The van der Waals surface area contributed by atoms with Gasteiger partial charge in [0.1, 0.15) is 6.61 Å². The van der Waals surface area contributed by atoms with Gasteiger partial charge in [-0.1, -0.05) is 0 Å². The van der Waals surface area contributed by atoms with Crippen molar-refractivity contribution in [1.29, 1.82) is 0 Å². The molecule has 0 saturated heterocycles. The summed E-state index contributed by atoms with van der Waals surface area (Å²) in [6, 6.07) is 3.07. The highest BCUT2D eigenvalue weighted by atomic mass is 16.5. The number of likely N-dealkylation sites (N-methyl/N-ethyl adjacent to an activating group) is 1. The van der Waals surface area contributed by atoms with Gasteiger partial charge in [-0.15, -0.1) is 0 Å². The van der Waals surface area contributed by atoms with Crippen LogP contribution in [0.1, 0.15) is 10.4 Å². The molecule has 5 nitrogen and oxygen atoms in total. The summed E-state index contributed by atoms with van der Waals surface area (Å²) < 4.78 is 5.26. The number of nitrogens with two attached hydrogens (primary N) is 1. The third kappa shape index (κ3) is 3.02. The van der Waals surface area contributed by atoms with Crippen molar-refractivity contribution in [3.63, 3.8) is 0 Å². The summed E-state index contributed by atoms with van der Waals surface area (Å²) in [6.07, 6.45) is 1.49. The Morgan fingerprint density at radius 3 is 3.14 bits per heavy atom. The number of aromatic nitrogens is 1. The molecule has 0 saturated carbocycles. The fourth-order valence-electron chi connectivity index (χ4n) is 0.899. The molecule has 3 N–H and O–H groups in total. The Morgan fingerprint density at radius 1 is 1.71 bits per heavy atom. The Hall–Kier alpha value is -1.62. The van der Waals surface area contributed by atoms with Crippen LogP contribution in [0.3, 0.4) is 0 Å². The third-order valence-corrected chi connectivity index (χ3v) is 1.62. The van der Waals surface area contributed by atoms with Crippen LogP contribution in [0.5, 0.6) is 5.88 Å². The predicted molar refractivity (Wildman–Crippen MR) is 52.2 cm³/mol. The molecular formula is C9H13N3O2. The number of primary amides is 1. The van der Waals surface area contributed by atoms with Gasteiger partial charge >= 0.3 is 0 Å². The van der Waals surface area contributed by atoms with Crippen LogP contribution in [0.4, 0.5) is 0 Å². The monoisotopic (exact) mass is 195 g/mol. The normalized spacial score (nSPS) is 9.79. The van der Waals surface area contributed by atoms with Crippen LogP contribution in [-0.2, 0) is 0 Å². The van der Waals surface area contributed by atoms with Gasteiger partial charge in [0.15, 0.2) is 0 Å². The van der Waals surface area contributed by atoms with Crippen LogP contribution in [0.2, 0.25) is 0 Å². The van der Waals surface area contributed by atoms with Gasteiger partial charge in [-0.2, -0.15) is 0 Å². The number of nitrogens with one attached hydrogen (secondary N) is 1. The number of pyridine rings is 1. The minimum atomic E-state index is -0.481. The molecule has 0 aromatic carbocycles. The molecule has 14 heavy (non-hydrogen) atoms. The van der Waals surface area contributed by atoms with Gasteiger partial charge in [0.25, 0.3) is 0 Å². The molecular weight excluding hydrogens is 182 g/mol. The Bertz CT molecular complexity index is 315. The highest BCUT2D eigenvalue weighted by molar-refractivity contribution is 5.92. The lowest BCUT2D eigenvalue weighted by Gasteiger charge is -2.04. The molecule has 76 valence electrons. The van der Waals surface area contributed by atoms with E-state index < -0.39 is 5.91 Å². The largest absolute Gasteiger partial charge is 0.476 e. The van der Waals surface area contributed by atoms with E-state index in [9.17, 15) is 4.79 Å². The quantitative estimate of drug-likeness (QED) is 0.637. The number of carbonyl (C=O) groups excluding carboxylic acids is 1. The van der Waals surface area contributed by atoms with Crippen LogP contribution < -0.4 is 15.8 Å². The lowest BCUT2D eigenvalue weighted by molar-refractivity contribution is 0.0999. The molecule has 1 aromatic heterocycles. The van der Waals surface area contributed by atoms with Gasteiger partial charge < -0.3 is 15.8 Å². The lowest BCUT2D eigenvalue weighted by atomic mass is 10.2. The maximum Gasteiger partial charge on any atom is 0.248 e. The Balaban J connectivity index is 2.59. The number of hydrogen-bond donors (Lipinski definition) is 2. The number of amides is 1. The molecule has 0 aliphatic carbocycles. The molecule has 1 amide bonds. The van der Waals surface area contributed by atoms with Crippen molar-refractivity contribution in [2.45, 2.75) is 0 Å². The first kappa shape index (κ1) is 10.5. The van der Waals surface area contributed by atoms with Gasteiger partial charge in [0.2, 0.25) is 11.8 Å². The van der Waals surface area contributed by atoms with Crippen molar-refractivity contribution in [2.75, 3.05) is 20.2 Å². The molecule has 0 radical (unpaired) electrons. The van der Waals surface area contributed by atoms with Gasteiger partial charge in [-0.25, -0.2) is 4.98 Å². The van der Waals surface area contributed by atoms with Gasteiger partial charge in [0, 0.05) is 24.4 Å². The molecule has 0 atom stereocenters. The van der Waals surface area contributed by atoms with E-state index in [0.29, 0.717) is 18.1 Å². The summed E-state index contributed by atoms with van der Waals surface area (Å²) in [6.45, 7) is 1.23. The van der Waals surface area contributed by atoms with Gasteiger partial charge in [-0.05, 0) is 13.1 Å². The highest BCUT2D eigenvalue weighted by Crippen LogP contribution is 2.08. The molecule has 5 heteroatoms. The minimum Gasteiger partial charge on any atom is -0.476 e. The van der Waals surface area contributed by atoms with Crippen LogP contribution in [0.25, 0.3) is 0 Å². The fourth-order valence-corrected chi connectivity index (χ4v) is 0.899. The van der Waals surface area contributed by atoms with E-state index in [1.807, 2.05) is 7.05 Å². The van der Waals surface area contributed by atoms with E-state index in [-0.39, 0.29) is 0 Å². The zero-order valence-corrected chi connectivity index (χ0v) is 7.99. The summed E-state index contributed by atoms with van der Waals surface area (Å²) >= 11 is 0. The number of rotatable bonds is 5. The van der Waals surface area contributed by atoms with E-state index in [1.165, 1.54) is 12.3 Å². The summed E-state index contributed by atoms with van der Waals surface area (Å²) in [5.74, 6) is -0.0672. The molecule has 1 heterocycles. The minimum absolute atomic E-state index is 0.402. The predicted octanol–water partition coefficient (Wildman–Crippen LogP) is -0.221. The molecule has 0 bridgehead atoms. The molecule has 0 aliphatic rings. The molecule has 0 unspecified atom stereocenters. The molecule has 1 rings (SSSR count). The smallest absolute Gasteiger partial charge is 0.248 e. The first-order valence-electron chi connectivity index (χ1n) is 4.27. The number of nitrogens with zero attached hydrogens (tertiary/aromatic N) is 1. The van der Waals surface area contributed by atoms with Crippen LogP contribution in [-0.4, -0.2) is 31.1 Å². The zero-order valence-electron chi connectivity index (χ0n) is 7.99. The maximum atomic E-state index is 10.8. The van der Waals surface area contributed by atoms with Crippen molar-refractivity contribution < 1.29 is 9.53 Å². The fraction of sp³-hybridized carbons (Fsp3) is 0.333. The average molecular weight is 195 g/mol. The second kappa shape index (κ2) is 5.18. The molecule has 0 fully saturated rings. The number of ether oxygens (including phenoxy) is 1. The summed E-state index contributed by atoms with van der Waals surface area (Å²) in [5, 5.41) is 2.93. The third-order valence-electron chi connectivity index (χ3n) is 1.62. The van der Waals surface area contributed by atoms with Crippen LogP contribution in [0.15, 0.2) is 18.3 Å². The first-order valence-corrected chi connectivity index (χ1v) is 4.27. The van der Waals surface area contributed by atoms with E-state index in [2.05, 4.69) is 10.3 Å². The van der Waals surface area contributed by atoms with Crippen LogP contribution in [0, 0.1) is 0 Å². The number of hydrogen-bond acceptors (Lipinski definition) is 4. The van der Waals surface area contributed by atoms with Crippen molar-refractivity contribution in [3.05, 3.63) is 23.9 Å². The van der Waals surface area contributed by atoms with Crippen molar-refractivity contribution >= 4 is 5.91 Å². The topological polar surface area (TPSA) is 77.2 Å². The SMILES string of the molecule is CNCCOc1cc(C(N)=O)ccn1. The highest BCUT2D eigenvalue weighted by Gasteiger charge is 2.02. The summed E-state index contributed by atoms with van der Waals surface area (Å²) in [5.41, 5.74) is 5.51. The Morgan fingerprint density at radius 2 is 2.50 bits per heavy atom. The summed E-state index contributed by atoms with van der Waals surface area (Å²) in [4.78, 5) is 14.7. The lowest BCUT2D eigenvalue weighted by Crippen LogP contribution is -2.17. The van der Waals surface area contributed by atoms with E-state index in [0.717, 1.165) is 6.54 Å². The molecule has 1 aromatic rings. The molecule has 0 spiro atoms. The Kier molecular flexibility index (Phi) is 3.87. The average Bonchev–Trinajstić information content (AvgIpc) is 2.19. The van der Waals surface area contributed by atoms with E-state index in [4.69, 9.17) is 10.5 Å². The standard InChI is InChI=1S/C9H13N3O2/c1-11-4-5-14-8-6-7(9(10)13)2-3-12-8/h2-3,6,11H,4-5H2,1H3,(H2,10,13). The Labute approximate surface area is 82.3 Å². The second-order valence-corrected chi connectivity index (χ2v) is 2.70. The van der Waals surface area contributed by atoms with Crippen molar-refractivity contribution in [1.82, 2.24) is 10.3 Å². The van der Waals surface area contributed by atoms with Gasteiger partial charge in [-0.3, -0.25) is 4.79 Å². The first-order chi connectivity index (χ1) is 6.74. The number of carbonyl (C=O) groups is 1. The van der Waals surface area contributed by atoms with Crippen LogP contribution >= 0.6 is 0 Å². The molecule has 0 aliphatic heterocycles. The maximum absolute atomic E-state index is 10.8. The second-order valence-electron chi connectivity index (χ2n) is 2.70. The zero-order chi connectivity index (χ0) is 10.4. The van der Waals surface area contributed by atoms with Crippen molar-refractivity contribution in [2.24, 2.45) is 5.73 Å².